The molecule has 1 aromatic rings. The average molecular weight is 265 g/mol. The Labute approximate surface area is 99.4 Å². The van der Waals surface area contributed by atoms with Crippen LogP contribution < -0.4 is 0 Å². The van der Waals surface area contributed by atoms with Gasteiger partial charge in [-0.1, -0.05) is 23.7 Å². The molecule has 0 aliphatic heterocycles. The summed E-state index contributed by atoms with van der Waals surface area (Å²) in [5.74, 6) is 0. The van der Waals surface area contributed by atoms with E-state index in [1.807, 2.05) is 0 Å². The van der Waals surface area contributed by atoms with E-state index in [0.29, 0.717) is 10.6 Å². The van der Waals surface area contributed by atoms with Gasteiger partial charge < -0.3 is 10.2 Å². The standard InChI is InChI=1S/C10H13ClO4S/c1-16(14,15)9(6-12)10(13)7-3-2-4-8(11)5-7/h2-5,9-10,12-13H,6H2,1H3/t9-,10-/m0/s1. The first kappa shape index (κ1) is 13.4. The molecule has 1 rings (SSSR count). The topological polar surface area (TPSA) is 74.6 Å². The van der Waals surface area contributed by atoms with E-state index in [0.717, 1.165) is 6.26 Å². The molecule has 0 spiro atoms. The highest BCUT2D eigenvalue weighted by Gasteiger charge is 2.29. The maximum atomic E-state index is 11.3. The molecule has 2 N–H and O–H groups in total. The van der Waals surface area contributed by atoms with Crippen molar-refractivity contribution in [2.24, 2.45) is 0 Å². The second kappa shape index (κ2) is 5.14. The smallest absolute Gasteiger partial charge is 0.155 e. The van der Waals surface area contributed by atoms with Gasteiger partial charge in [-0.25, -0.2) is 8.42 Å². The van der Waals surface area contributed by atoms with Gasteiger partial charge in [-0.05, 0) is 17.7 Å². The summed E-state index contributed by atoms with van der Waals surface area (Å²) in [6.45, 7) is -0.632. The molecule has 6 heteroatoms. The lowest BCUT2D eigenvalue weighted by molar-refractivity contribution is 0.138. The summed E-state index contributed by atoms with van der Waals surface area (Å²) in [5.41, 5.74) is 0.372. The first-order valence-electron chi connectivity index (χ1n) is 4.59. The zero-order valence-electron chi connectivity index (χ0n) is 8.67. The number of aliphatic hydroxyl groups is 2. The summed E-state index contributed by atoms with van der Waals surface area (Å²) in [6, 6.07) is 6.26. The van der Waals surface area contributed by atoms with Crippen molar-refractivity contribution in [3.05, 3.63) is 34.9 Å². The largest absolute Gasteiger partial charge is 0.395 e. The molecule has 1 aromatic carbocycles. The molecule has 0 aliphatic rings. The number of hydrogen-bond donors (Lipinski definition) is 2. The maximum absolute atomic E-state index is 11.3. The fourth-order valence-corrected chi connectivity index (χ4v) is 2.47. The van der Waals surface area contributed by atoms with Crippen molar-refractivity contribution in [2.45, 2.75) is 11.4 Å². The van der Waals surface area contributed by atoms with Crippen LogP contribution in [0.25, 0.3) is 0 Å². The van der Waals surface area contributed by atoms with Crippen LogP contribution in [-0.2, 0) is 9.84 Å². The Kier molecular flexibility index (Phi) is 4.32. The molecule has 0 aromatic heterocycles. The van der Waals surface area contributed by atoms with Crippen molar-refractivity contribution in [3.8, 4) is 0 Å². The number of rotatable bonds is 4. The van der Waals surface area contributed by atoms with E-state index in [2.05, 4.69) is 0 Å². The molecular weight excluding hydrogens is 252 g/mol. The monoisotopic (exact) mass is 264 g/mol. The summed E-state index contributed by atoms with van der Waals surface area (Å²) >= 11 is 5.73. The highest BCUT2D eigenvalue weighted by atomic mass is 35.5. The van der Waals surface area contributed by atoms with Crippen molar-refractivity contribution in [2.75, 3.05) is 12.9 Å². The molecule has 0 bridgehead atoms. The number of benzene rings is 1. The van der Waals surface area contributed by atoms with Gasteiger partial charge in [0, 0.05) is 11.3 Å². The van der Waals surface area contributed by atoms with E-state index in [9.17, 15) is 13.5 Å². The Morgan fingerprint density at radius 3 is 2.50 bits per heavy atom. The van der Waals surface area contributed by atoms with Crippen LogP contribution in [0.5, 0.6) is 0 Å². The SMILES string of the molecule is CS(=O)(=O)[C@@H](CO)[C@@H](O)c1cccc(Cl)c1. The van der Waals surface area contributed by atoms with Gasteiger partial charge in [-0.3, -0.25) is 0 Å². The molecule has 0 amide bonds. The Hall–Kier alpha value is -0.620. The quantitative estimate of drug-likeness (QED) is 0.843. The third-order valence-corrected chi connectivity index (χ3v) is 4.01. The summed E-state index contributed by atoms with van der Waals surface area (Å²) in [5, 5.41) is 18.0. The van der Waals surface area contributed by atoms with Gasteiger partial charge in [0.05, 0.1) is 12.7 Å². The first-order chi connectivity index (χ1) is 7.36. The van der Waals surface area contributed by atoms with Crippen molar-refractivity contribution in [1.29, 1.82) is 0 Å². The first-order valence-corrected chi connectivity index (χ1v) is 6.92. The lowest BCUT2D eigenvalue weighted by atomic mass is 10.1. The van der Waals surface area contributed by atoms with Gasteiger partial charge in [0.1, 0.15) is 5.25 Å². The predicted molar refractivity (Wildman–Crippen MR) is 62.1 cm³/mol. The molecule has 0 aliphatic carbocycles. The van der Waals surface area contributed by atoms with Gasteiger partial charge in [0.2, 0.25) is 0 Å². The number of aliphatic hydroxyl groups excluding tert-OH is 2. The third kappa shape index (κ3) is 3.18. The fraction of sp³-hybridized carbons (Fsp3) is 0.400. The molecule has 90 valence electrons. The fourth-order valence-electron chi connectivity index (χ4n) is 1.37. The van der Waals surface area contributed by atoms with E-state index in [1.54, 1.807) is 18.2 Å². The lowest BCUT2D eigenvalue weighted by Gasteiger charge is -2.19. The molecule has 0 unspecified atom stereocenters. The third-order valence-electron chi connectivity index (χ3n) is 2.27. The molecule has 0 radical (unpaired) electrons. The van der Waals surface area contributed by atoms with E-state index < -0.39 is 27.8 Å². The molecular formula is C10H13ClO4S. The summed E-state index contributed by atoms with van der Waals surface area (Å²) in [6.07, 6.45) is -0.305. The van der Waals surface area contributed by atoms with Crippen LogP contribution in [-0.4, -0.2) is 36.7 Å². The van der Waals surface area contributed by atoms with Crippen LogP contribution in [0.2, 0.25) is 5.02 Å². The highest BCUT2D eigenvalue weighted by Crippen LogP contribution is 2.23. The molecule has 0 heterocycles. The highest BCUT2D eigenvalue weighted by molar-refractivity contribution is 7.91. The minimum atomic E-state index is -3.52. The zero-order valence-corrected chi connectivity index (χ0v) is 10.2. The van der Waals surface area contributed by atoms with Gasteiger partial charge in [-0.15, -0.1) is 0 Å². The predicted octanol–water partition coefficient (Wildman–Crippen LogP) is 0.779. The van der Waals surface area contributed by atoms with E-state index in [-0.39, 0.29) is 0 Å². The number of hydrogen-bond acceptors (Lipinski definition) is 4. The van der Waals surface area contributed by atoms with Gasteiger partial charge >= 0.3 is 0 Å². The van der Waals surface area contributed by atoms with Crippen LogP contribution in [0, 0.1) is 0 Å². The molecule has 0 saturated carbocycles. The second-order valence-corrected chi connectivity index (χ2v) is 6.25. The van der Waals surface area contributed by atoms with Gasteiger partial charge in [0.25, 0.3) is 0 Å². The number of sulfone groups is 1. The second-order valence-electron chi connectivity index (χ2n) is 3.55. The minimum Gasteiger partial charge on any atom is -0.395 e. The van der Waals surface area contributed by atoms with Crippen LogP contribution in [0.15, 0.2) is 24.3 Å². The van der Waals surface area contributed by atoms with Crippen LogP contribution in [0.1, 0.15) is 11.7 Å². The Balaban J connectivity index is 3.05. The van der Waals surface area contributed by atoms with Crippen LogP contribution in [0.3, 0.4) is 0 Å². The number of halogens is 1. The Bertz CT molecular complexity index is 458. The van der Waals surface area contributed by atoms with E-state index in [1.165, 1.54) is 6.07 Å². The van der Waals surface area contributed by atoms with Crippen molar-refractivity contribution >= 4 is 21.4 Å². The average Bonchev–Trinajstić information content (AvgIpc) is 2.16. The van der Waals surface area contributed by atoms with E-state index >= 15 is 0 Å². The molecule has 0 saturated heterocycles. The molecule has 4 nitrogen and oxygen atoms in total. The summed E-state index contributed by atoms with van der Waals surface area (Å²) in [4.78, 5) is 0. The summed E-state index contributed by atoms with van der Waals surface area (Å²) in [7, 11) is -3.52. The molecule has 2 atom stereocenters. The lowest BCUT2D eigenvalue weighted by Crippen LogP contribution is -2.31. The minimum absolute atomic E-state index is 0.372. The summed E-state index contributed by atoms with van der Waals surface area (Å²) < 4.78 is 22.6. The van der Waals surface area contributed by atoms with Crippen LogP contribution in [0.4, 0.5) is 0 Å². The van der Waals surface area contributed by atoms with Gasteiger partial charge in [-0.2, -0.15) is 0 Å². The van der Waals surface area contributed by atoms with Crippen molar-refractivity contribution in [3.63, 3.8) is 0 Å². The van der Waals surface area contributed by atoms with E-state index in [4.69, 9.17) is 16.7 Å². The van der Waals surface area contributed by atoms with Crippen LogP contribution >= 0.6 is 11.6 Å². The Morgan fingerprint density at radius 1 is 1.44 bits per heavy atom. The zero-order chi connectivity index (χ0) is 12.3. The molecule has 16 heavy (non-hydrogen) atoms. The van der Waals surface area contributed by atoms with Gasteiger partial charge in [0.15, 0.2) is 9.84 Å². The van der Waals surface area contributed by atoms with Crippen molar-refractivity contribution < 1.29 is 18.6 Å². The maximum Gasteiger partial charge on any atom is 0.155 e. The van der Waals surface area contributed by atoms with Crippen molar-refractivity contribution in [1.82, 2.24) is 0 Å². The Morgan fingerprint density at radius 2 is 2.06 bits per heavy atom. The molecule has 0 fully saturated rings. The normalized spacial score (nSPS) is 15.8.